The van der Waals surface area contributed by atoms with E-state index in [2.05, 4.69) is 31.0 Å². The second kappa shape index (κ2) is 12.4. The maximum Gasteiger partial charge on any atom is 0.269 e. The van der Waals surface area contributed by atoms with Crippen molar-refractivity contribution in [3.8, 4) is 0 Å². The Labute approximate surface area is 242 Å². The van der Waals surface area contributed by atoms with Gasteiger partial charge in [-0.05, 0) is 80.1 Å². The van der Waals surface area contributed by atoms with Gasteiger partial charge in [0, 0.05) is 30.6 Å². The highest BCUT2D eigenvalue weighted by Gasteiger charge is 2.33. The van der Waals surface area contributed by atoms with Crippen molar-refractivity contribution in [3.63, 3.8) is 0 Å². The number of anilines is 3. The summed E-state index contributed by atoms with van der Waals surface area (Å²) in [5, 5.41) is 13.6. The number of aliphatic hydroxyl groups is 1. The summed E-state index contributed by atoms with van der Waals surface area (Å²) in [7, 11) is -3.95. The number of H-pyrrole nitrogens is 1. The predicted molar refractivity (Wildman–Crippen MR) is 158 cm³/mol. The highest BCUT2D eigenvalue weighted by molar-refractivity contribution is 7.90. The number of benzene rings is 3. The molecule has 0 aliphatic carbocycles. The molecular formula is C28H32FN7O5S. The number of carbonyl (C=O) groups excluding carboxylic acids is 2. The van der Waals surface area contributed by atoms with Crippen LogP contribution in [0.15, 0.2) is 65.6 Å². The zero-order valence-corrected chi connectivity index (χ0v) is 24.0. The lowest BCUT2D eigenvalue weighted by molar-refractivity contribution is -0.130. The monoisotopic (exact) mass is 597 g/mol. The average Bonchev–Trinajstić information content (AvgIpc) is 3.33. The molecule has 1 heterocycles. The quantitative estimate of drug-likeness (QED) is 0.112. The molecule has 4 rings (SSSR count). The summed E-state index contributed by atoms with van der Waals surface area (Å²) in [6.45, 7) is 5.52. The standard InChI is InChI=1S/C28H32FN7O5S/c1-4-36(5-2)19-10-6-16(7-11-19)26(38)33-24(20-14-17(29)8-13-23(20)42(3,40)41)25(37)27(39)35-34-18-9-12-21-22(15-18)32-28(30)31-21/h6-15,24-25,34,37H,4-5H2,1-3H3,(H,33,38)(H,35,39)(H3,30,31,32). The minimum Gasteiger partial charge on any atom is -0.381 e. The van der Waals surface area contributed by atoms with Gasteiger partial charge in [-0.15, -0.1) is 0 Å². The zero-order chi connectivity index (χ0) is 30.6. The van der Waals surface area contributed by atoms with Crippen LogP contribution in [-0.4, -0.2) is 60.8 Å². The fourth-order valence-corrected chi connectivity index (χ4v) is 5.46. The molecule has 14 heteroatoms. The lowest BCUT2D eigenvalue weighted by atomic mass is 9.99. The highest BCUT2D eigenvalue weighted by atomic mass is 32.2. The van der Waals surface area contributed by atoms with Gasteiger partial charge < -0.3 is 26.0 Å². The summed E-state index contributed by atoms with van der Waals surface area (Å²) in [4.78, 5) is 35.0. The van der Waals surface area contributed by atoms with Gasteiger partial charge in [-0.2, -0.15) is 0 Å². The third kappa shape index (κ3) is 6.78. The molecule has 0 aliphatic rings. The molecular weight excluding hydrogens is 565 g/mol. The Bertz CT molecular complexity index is 1710. The van der Waals surface area contributed by atoms with Crippen LogP contribution in [-0.2, 0) is 14.6 Å². The number of carbonyl (C=O) groups is 2. The van der Waals surface area contributed by atoms with E-state index in [1.165, 1.54) is 0 Å². The fraction of sp³-hybridized carbons (Fsp3) is 0.250. The number of nitrogens with zero attached hydrogens (tertiary/aromatic N) is 2. The van der Waals surface area contributed by atoms with E-state index in [0.717, 1.165) is 43.2 Å². The first-order valence-corrected chi connectivity index (χ1v) is 14.9. The van der Waals surface area contributed by atoms with E-state index < -0.39 is 39.6 Å². The molecule has 12 nitrogen and oxygen atoms in total. The summed E-state index contributed by atoms with van der Waals surface area (Å²) in [5.41, 5.74) is 13.0. The van der Waals surface area contributed by atoms with E-state index in [-0.39, 0.29) is 22.0 Å². The SMILES string of the molecule is CCN(CC)c1ccc(C(=O)NC(c2cc(F)ccc2S(C)(=O)=O)C(O)C(=O)NNc2ccc3nc(N)[nH]c3c2)cc1. The molecule has 1 aromatic heterocycles. The number of imidazole rings is 1. The second-order valence-electron chi connectivity index (χ2n) is 9.54. The van der Waals surface area contributed by atoms with Crippen molar-refractivity contribution in [2.45, 2.75) is 30.9 Å². The number of aromatic nitrogens is 2. The maximum absolute atomic E-state index is 14.4. The van der Waals surface area contributed by atoms with Crippen LogP contribution in [0.25, 0.3) is 11.0 Å². The van der Waals surface area contributed by atoms with Gasteiger partial charge in [-0.25, -0.2) is 17.8 Å². The molecule has 3 aromatic carbocycles. The Morgan fingerprint density at radius 1 is 1.07 bits per heavy atom. The largest absolute Gasteiger partial charge is 0.381 e. The summed E-state index contributed by atoms with van der Waals surface area (Å²) < 4.78 is 39.5. The van der Waals surface area contributed by atoms with E-state index >= 15 is 0 Å². The number of hydrogen-bond acceptors (Lipinski definition) is 9. The lowest BCUT2D eigenvalue weighted by Gasteiger charge is -2.26. The number of nitrogens with two attached hydrogens (primary N) is 1. The van der Waals surface area contributed by atoms with Gasteiger partial charge in [0.1, 0.15) is 5.82 Å². The molecule has 0 spiro atoms. The van der Waals surface area contributed by atoms with Gasteiger partial charge in [0.15, 0.2) is 21.9 Å². The smallest absolute Gasteiger partial charge is 0.269 e. The van der Waals surface area contributed by atoms with Crippen LogP contribution in [0.4, 0.5) is 21.7 Å². The number of nitrogens with one attached hydrogen (secondary N) is 4. The minimum absolute atomic E-state index is 0.186. The summed E-state index contributed by atoms with van der Waals surface area (Å²) in [6.07, 6.45) is -1.13. The predicted octanol–water partition coefficient (Wildman–Crippen LogP) is 2.51. The summed E-state index contributed by atoms with van der Waals surface area (Å²) in [6, 6.07) is 12.7. The van der Waals surface area contributed by atoms with Crippen molar-refractivity contribution >= 4 is 50.0 Å². The molecule has 0 aliphatic heterocycles. The van der Waals surface area contributed by atoms with Crippen molar-refractivity contribution in [3.05, 3.63) is 77.6 Å². The van der Waals surface area contributed by atoms with Crippen LogP contribution in [0.5, 0.6) is 0 Å². The summed E-state index contributed by atoms with van der Waals surface area (Å²) in [5.74, 6) is -2.35. The van der Waals surface area contributed by atoms with Crippen molar-refractivity contribution in [2.75, 3.05) is 35.4 Å². The molecule has 0 bridgehead atoms. The Hall–Kier alpha value is -4.69. The Morgan fingerprint density at radius 2 is 1.76 bits per heavy atom. The topological polar surface area (TPSA) is 183 Å². The number of hydrogen-bond donors (Lipinski definition) is 6. The van der Waals surface area contributed by atoms with Gasteiger partial charge in [0.25, 0.3) is 11.8 Å². The van der Waals surface area contributed by atoms with E-state index in [1.54, 1.807) is 42.5 Å². The molecule has 2 atom stereocenters. The van der Waals surface area contributed by atoms with E-state index in [1.807, 2.05) is 13.8 Å². The zero-order valence-electron chi connectivity index (χ0n) is 23.2. The third-order valence-corrected chi connectivity index (χ3v) is 7.84. The highest BCUT2D eigenvalue weighted by Crippen LogP contribution is 2.27. The molecule has 4 aromatic rings. The number of amides is 2. The fourth-order valence-electron chi connectivity index (χ4n) is 4.53. The van der Waals surface area contributed by atoms with Gasteiger partial charge in [0.05, 0.1) is 27.7 Å². The Morgan fingerprint density at radius 3 is 2.40 bits per heavy atom. The number of aromatic amines is 1. The average molecular weight is 598 g/mol. The van der Waals surface area contributed by atoms with Gasteiger partial charge in [-0.1, -0.05) is 0 Å². The van der Waals surface area contributed by atoms with Crippen molar-refractivity contribution < 1.29 is 27.5 Å². The number of sulfone groups is 1. The molecule has 42 heavy (non-hydrogen) atoms. The third-order valence-electron chi connectivity index (χ3n) is 6.67. The van der Waals surface area contributed by atoms with E-state index in [0.29, 0.717) is 16.7 Å². The molecule has 222 valence electrons. The second-order valence-corrected chi connectivity index (χ2v) is 11.5. The number of fused-ring (bicyclic) bond motifs is 1. The Balaban J connectivity index is 1.62. The first-order chi connectivity index (χ1) is 19.9. The first-order valence-electron chi connectivity index (χ1n) is 13.1. The van der Waals surface area contributed by atoms with Crippen LogP contribution in [0.2, 0.25) is 0 Å². The first kappa shape index (κ1) is 30.3. The Kier molecular flexibility index (Phi) is 8.97. The number of aliphatic hydroxyl groups excluding tert-OH is 1. The molecule has 0 saturated heterocycles. The van der Waals surface area contributed by atoms with Crippen LogP contribution in [0.1, 0.15) is 35.8 Å². The number of halogens is 1. The van der Waals surface area contributed by atoms with Crippen LogP contribution >= 0.6 is 0 Å². The molecule has 0 saturated carbocycles. The van der Waals surface area contributed by atoms with Crippen molar-refractivity contribution in [1.29, 1.82) is 0 Å². The molecule has 2 amide bonds. The van der Waals surface area contributed by atoms with Gasteiger partial charge >= 0.3 is 0 Å². The molecule has 2 unspecified atom stereocenters. The van der Waals surface area contributed by atoms with Crippen molar-refractivity contribution in [2.24, 2.45) is 0 Å². The van der Waals surface area contributed by atoms with Crippen molar-refractivity contribution in [1.82, 2.24) is 20.7 Å². The molecule has 0 radical (unpaired) electrons. The number of nitrogen functional groups attached to an aromatic ring is 1. The van der Waals surface area contributed by atoms with Gasteiger partial charge in [0.2, 0.25) is 0 Å². The molecule has 7 N–H and O–H groups in total. The van der Waals surface area contributed by atoms with Crippen LogP contribution in [0.3, 0.4) is 0 Å². The van der Waals surface area contributed by atoms with Gasteiger partial charge in [-0.3, -0.25) is 20.4 Å². The number of rotatable bonds is 11. The number of hydrazine groups is 1. The maximum atomic E-state index is 14.4. The van der Waals surface area contributed by atoms with E-state index in [4.69, 9.17) is 5.73 Å². The van der Waals surface area contributed by atoms with Crippen LogP contribution in [0, 0.1) is 5.82 Å². The normalized spacial score (nSPS) is 12.9. The summed E-state index contributed by atoms with van der Waals surface area (Å²) >= 11 is 0. The van der Waals surface area contributed by atoms with E-state index in [9.17, 15) is 27.5 Å². The lowest BCUT2D eigenvalue weighted by Crippen LogP contribution is -2.47. The van der Waals surface area contributed by atoms with Crippen LogP contribution < -0.4 is 26.8 Å². The molecule has 0 fully saturated rings. The minimum atomic E-state index is -3.95.